The van der Waals surface area contributed by atoms with Crippen molar-refractivity contribution in [2.45, 2.75) is 31.2 Å². The second-order valence-electron chi connectivity index (χ2n) is 5.10. The summed E-state index contributed by atoms with van der Waals surface area (Å²) in [5.74, 6) is 1.35. The molecule has 2 unspecified atom stereocenters. The standard InChI is InChI=1S/C16H19NOS/c1-18-12-7-5-11(6-8-12)16(17)14-3-2-4-15-13(14)9-10-19-15/h5-10,14,16H,2-4,17H2,1H3. The zero-order valence-electron chi connectivity index (χ0n) is 11.1. The van der Waals surface area contributed by atoms with Crippen LogP contribution in [0.1, 0.15) is 40.8 Å². The smallest absolute Gasteiger partial charge is 0.118 e. The first-order chi connectivity index (χ1) is 9.29. The van der Waals surface area contributed by atoms with Gasteiger partial charge in [-0.2, -0.15) is 0 Å². The van der Waals surface area contributed by atoms with Crippen LogP contribution in [-0.2, 0) is 6.42 Å². The molecule has 2 nitrogen and oxygen atoms in total. The molecule has 2 N–H and O–H groups in total. The Balaban J connectivity index is 1.86. The van der Waals surface area contributed by atoms with Gasteiger partial charge in [-0.05, 0) is 54.0 Å². The molecule has 1 heterocycles. The Morgan fingerprint density at radius 3 is 2.79 bits per heavy atom. The Bertz CT molecular complexity index is 546. The lowest BCUT2D eigenvalue weighted by Gasteiger charge is -2.28. The van der Waals surface area contributed by atoms with Gasteiger partial charge in [0, 0.05) is 16.8 Å². The maximum absolute atomic E-state index is 6.50. The highest BCUT2D eigenvalue weighted by Crippen LogP contribution is 2.41. The second kappa shape index (κ2) is 5.35. The summed E-state index contributed by atoms with van der Waals surface area (Å²) in [5, 5.41) is 2.20. The largest absolute Gasteiger partial charge is 0.497 e. The first kappa shape index (κ1) is 12.7. The summed E-state index contributed by atoms with van der Waals surface area (Å²) < 4.78 is 5.20. The van der Waals surface area contributed by atoms with Gasteiger partial charge in [-0.3, -0.25) is 0 Å². The molecule has 2 atom stereocenters. The molecule has 1 aromatic heterocycles. The zero-order chi connectivity index (χ0) is 13.2. The van der Waals surface area contributed by atoms with Crippen molar-refractivity contribution in [2.75, 3.05) is 7.11 Å². The van der Waals surface area contributed by atoms with Crippen molar-refractivity contribution in [3.05, 3.63) is 51.7 Å². The highest BCUT2D eigenvalue weighted by atomic mass is 32.1. The number of rotatable bonds is 3. The third kappa shape index (κ3) is 2.40. The normalized spacial score (nSPS) is 19.8. The highest BCUT2D eigenvalue weighted by Gasteiger charge is 2.27. The molecule has 0 fully saturated rings. The fourth-order valence-electron chi connectivity index (χ4n) is 2.95. The third-order valence-corrected chi connectivity index (χ3v) is 5.03. The third-order valence-electron chi connectivity index (χ3n) is 4.03. The van der Waals surface area contributed by atoms with Crippen molar-refractivity contribution in [1.82, 2.24) is 0 Å². The number of ether oxygens (including phenoxy) is 1. The Morgan fingerprint density at radius 1 is 1.26 bits per heavy atom. The summed E-state index contributed by atoms with van der Waals surface area (Å²) in [5.41, 5.74) is 9.17. The second-order valence-corrected chi connectivity index (χ2v) is 6.10. The van der Waals surface area contributed by atoms with E-state index < -0.39 is 0 Å². The maximum atomic E-state index is 6.50. The molecule has 0 spiro atoms. The minimum Gasteiger partial charge on any atom is -0.497 e. The molecule has 1 aliphatic rings. The average molecular weight is 273 g/mol. The van der Waals surface area contributed by atoms with E-state index in [0.717, 1.165) is 5.75 Å². The van der Waals surface area contributed by atoms with Crippen molar-refractivity contribution in [1.29, 1.82) is 0 Å². The predicted octanol–water partition coefficient (Wildman–Crippen LogP) is 3.88. The molecule has 0 aliphatic heterocycles. The van der Waals surface area contributed by atoms with Gasteiger partial charge in [-0.25, -0.2) is 0 Å². The van der Waals surface area contributed by atoms with Gasteiger partial charge in [-0.1, -0.05) is 12.1 Å². The van der Waals surface area contributed by atoms with Crippen LogP contribution in [0.5, 0.6) is 5.75 Å². The predicted molar refractivity (Wildman–Crippen MR) is 79.9 cm³/mol. The first-order valence-corrected chi connectivity index (χ1v) is 7.63. The van der Waals surface area contributed by atoms with E-state index in [0.29, 0.717) is 5.92 Å². The van der Waals surface area contributed by atoms with Gasteiger partial charge in [0.1, 0.15) is 5.75 Å². The Hall–Kier alpha value is -1.32. The minimum atomic E-state index is 0.0829. The van der Waals surface area contributed by atoms with Crippen LogP contribution >= 0.6 is 11.3 Å². The lowest BCUT2D eigenvalue weighted by Crippen LogP contribution is -2.22. The van der Waals surface area contributed by atoms with Crippen LogP contribution in [0.4, 0.5) is 0 Å². The Labute approximate surface area is 118 Å². The summed E-state index contributed by atoms with van der Waals surface area (Å²) in [7, 11) is 1.69. The molecule has 3 heteroatoms. The van der Waals surface area contributed by atoms with Gasteiger partial charge in [0.05, 0.1) is 7.11 Å². The van der Waals surface area contributed by atoms with Crippen LogP contribution in [0.2, 0.25) is 0 Å². The number of methoxy groups -OCH3 is 1. The maximum Gasteiger partial charge on any atom is 0.118 e. The van der Waals surface area contributed by atoms with E-state index in [1.54, 1.807) is 7.11 Å². The van der Waals surface area contributed by atoms with Gasteiger partial charge in [0.15, 0.2) is 0 Å². The summed E-state index contributed by atoms with van der Waals surface area (Å²) in [4.78, 5) is 1.53. The Kier molecular flexibility index (Phi) is 3.58. The van der Waals surface area contributed by atoms with Crippen molar-refractivity contribution in [2.24, 2.45) is 5.73 Å². The molecule has 0 bridgehead atoms. The van der Waals surface area contributed by atoms with Crippen LogP contribution in [-0.4, -0.2) is 7.11 Å². The fraction of sp³-hybridized carbons (Fsp3) is 0.375. The fourth-order valence-corrected chi connectivity index (χ4v) is 3.95. The van der Waals surface area contributed by atoms with E-state index in [-0.39, 0.29) is 6.04 Å². The molecule has 3 rings (SSSR count). The molecular formula is C16H19NOS. The molecule has 0 radical (unpaired) electrons. The number of hydrogen-bond donors (Lipinski definition) is 1. The van der Waals surface area contributed by atoms with E-state index in [4.69, 9.17) is 10.5 Å². The average Bonchev–Trinajstić information content (AvgIpc) is 2.95. The first-order valence-electron chi connectivity index (χ1n) is 6.75. The van der Waals surface area contributed by atoms with Gasteiger partial charge < -0.3 is 10.5 Å². The molecule has 1 aromatic carbocycles. The van der Waals surface area contributed by atoms with Crippen LogP contribution in [0.25, 0.3) is 0 Å². The minimum absolute atomic E-state index is 0.0829. The van der Waals surface area contributed by atoms with Gasteiger partial charge in [0.25, 0.3) is 0 Å². The SMILES string of the molecule is COc1ccc(C(N)C2CCCc3sccc32)cc1. The summed E-state index contributed by atoms with van der Waals surface area (Å²) in [6.45, 7) is 0. The number of benzene rings is 1. The van der Waals surface area contributed by atoms with Crippen molar-refractivity contribution in [3.63, 3.8) is 0 Å². The van der Waals surface area contributed by atoms with Crippen LogP contribution in [0.3, 0.4) is 0 Å². The van der Waals surface area contributed by atoms with Crippen LogP contribution < -0.4 is 10.5 Å². The number of nitrogens with two attached hydrogens (primary N) is 1. The number of aryl methyl sites for hydroxylation is 1. The lowest BCUT2D eigenvalue weighted by atomic mass is 9.80. The number of fused-ring (bicyclic) bond motifs is 1. The van der Waals surface area contributed by atoms with Crippen molar-refractivity contribution < 1.29 is 4.74 Å². The Morgan fingerprint density at radius 2 is 2.05 bits per heavy atom. The number of hydrogen-bond acceptors (Lipinski definition) is 3. The quantitative estimate of drug-likeness (QED) is 0.921. The van der Waals surface area contributed by atoms with E-state index in [1.165, 1.54) is 35.3 Å². The van der Waals surface area contributed by atoms with Crippen molar-refractivity contribution >= 4 is 11.3 Å². The van der Waals surface area contributed by atoms with E-state index in [2.05, 4.69) is 23.6 Å². The number of thiophene rings is 1. The summed E-state index contributed by atoms with van der Waals surface area (Å²) >= 11 is 1.87. The molecule has 2 aromatic rings. The topological polar surface area (TPSA) is 35.2 Å². The summed E-state index contributed by atoms with van der Waals surface area (Å²) in [6.07, 6.45) is 3.66. The highest BCUT2D eigenvalue weighted by molar-refractivity contribution is 7.10. The summed E-state index contributed by atoms with van der Waals surface area (Å²) in [6, 6.07) is 10.5. The molecule has 0 amide bonds. The molecule has 0 saturated carbocycles. The molecule has 19 heavy (non-hydrogen) atoms. The van der Waals surface area contributed by atoms with Crippen LogP contribution in [0.15, 0.2) is 35.7 Å². The monoisotopic (exact) mass is 273 g/mol. The van der Waals surface area contributed by atoms with E-state index >= 15 is 0 Å². The molecule has 0 saturated heterocycles. The van der Waals surface area contributed by atoms with E-state index in [9.17, 15) is 0 Å². The van der Waals surface area contributed by atoms with Crippen molar-refractivity contribution in [3.8, 4) is 5.75 Å². The molecular weight excluding hydrogens is 254 g/mol. The van der Waals surface area contributed by atoms with Crippen LogP contribution in [0, 0.1) is 0 Å². The van der Waals surface area contributed by atoms with Gasteiger partial charge in [0.2, 0.25) is 0 Å². The molecule has 100 valence electrons. The van der Waals surface area contributed by atoms with Gasteiger partial charge in [-0.15, -0.1) is 11.3 Å². The van der Waals surface area contributed by atoms with E-state index in [1.807, 2.05) is 23.5 Å². The molecule has 1 aliphatic carbocycles. The van der Waals surface area contributed by atoms with Gasteiger partial charge >= 0.3 is 0 Å². The zero-order valence-corrected chi connectivity index (χ0v) is 12.0. The lowest BCUT2D eigenvalue weighted by molar-refractivity contribution is 0.414.